The van der Waals surface area contributed by atoms with Crippen molar-refractivity contribution in [1.82, 2.24) is 24.9 Å². The Morgan fingerprint density at radius 1 is 1.07 bits per heavy atom. The number of hydrogen-bond donors (Lipinski definition) is 1. The van der Waals surface area contributed by atoms with E-state index in [1.165, 1.54) is 0 Å². The van der Waals surface area contributed by atoms with Crippen LogP contribution in [0.1, 0.15) is 22.3 Å². The van der Waals surface area contributed by atoms with Gasteiger partial charge in [-0.3, -0.25) is 9.48 Å². The average Bonchev–Trinajstić information content (AvgIpc) is 3.42. The fourth-order valence-electron chi connectivity index (χ4n) is 3.23. The fourth-order valence-corrected chi connectivity index (χ4v) is 3.23. The molecular formula is C23H23N5O. The molecule has 4 rings (SSSR count). The summed E-state index contributed by atoms with van der Waals surface area (Å²) in [6.07, 6.45) is 6.28. The van der Waals surface area contributed by atoms with Gasteiger partial charge in [-0.15, -0.1) is 0 Å². The van der Waals surface area contributed by atoms with Gasteiger partial charge in [-0.05, 0) is 37.6 Å². The van der Waals surface area contributed by atoms with Gasteiger partial charge in [0, 0.05) is 37.2 Å². The minimum absolute atomic E-state index is 0.121. The van der Waals surface area contributed by atoms with E-state index >= 15 is 0 Å². The van der Waals surface area contributed by atoms with Gasteiger partial charge in [-0.1, -0.05) is 42.0 Å². The molecule has 6 heteroatoms. The summed E-state index contributed by atoms with van der Waals surface area (Å²) in [6.45, 7) is 3.37. The highest BCUT2D eigenvalue weighted by atomic mass is 16.1. The molecule has 146 valence electrons. The highest BCUT2D eigenvalue weighted by Gasteiger charge is 2.18. The van der Waals surface area contributed by atoms with E-state index in [2.05, 4.69) is 10.4 Å². The largest absolute Gasteiger partial charge is 0.352 e. The van der Waals surface area contributed by atoms with Crippen LogP contribution in [0.15, 0.2) is 79.3 Å². The second-order valence-corrected chi connectivity index (χ2v) is 6.92. The molecular weight excluding hydrogens is 362 g/mol. The Kier molecular flexibility index (Phi) is 5.52. The molecule has 2 aromatic heterocycles. The van der Waals surface area contributed by atoms with Gasteiger partial charge in [0.2, 0.25) is 0 Å². The normalized spacial score (nSPS) is 10.8. The summed E-state index contributed by atoms with van der Waals surface area (Å²) in [5.41, 5.74) is 4.23. The van der Waals surface area contributed by atoms with Crippen molar-refractivity contribution in [2.75, 3.05) is 6.54 Å². The van der Waals surface area contributed by atoms with E-state index in [-0.39, 0.29) is 5.91 Å². The summed E-state index contributed by atoms with van der Waals surface area (Å²) in [5, 5.41) is 11.9. The van der Waals surface area contributed by atoms with Crippen molar-refractivity contribution in [2.24, 2.45) is 0 Å². The van der Waals surface area contributed by atoms with Crippen LogP contribution in [-0.2, 0) is 6.54 Å². The van der Waals surface area contributed by atoms with E-state index in [0.29, 0.717) is 17.8 Å². The second-order valence-electron chi connectivity index (χ2n) is 6.92. The first-order valence-electron chi connectivity index (χ1n) is 9.68. The zero-order valence-electron chi connectivity index (χ0n) is 16.3. The number of rotatable bonds is 7. The Labute approximate surface area is 169 Å². The second kappa shape index (κ2) is 8.56. The summed E-state index contributed by atoms with van der Waals surface area (Å²) in [4.78, 5) is 12.9. The topological polar surface area (TPSA) is 64.7 Å². The maximum absolute atomic E-state index is 12.9. The van der Waals surface area contributed by atoms with Gasteiger partial charge < -0.3 is 5.32 Å². The molecule has 29 heavy (non-hydrogen) atoms. The number of carbonyl (C=O) groups is 1. The predicted octanol–water partition coefficient (Wildman–Crippen LogP) is 3.86. The molecule has 1 N–H and O–H groups in total. The molecule has 4 aromatic rings. The summed E-state index contributed by atoms with van der Waals surface area (Å²) in [6, 6.07) is 19.8. The van der Waals surface area contributed by atoms with Crippen LogP contribution >= 0.6 is 0 Å². The van der Waals surface area contributed by atoms with Crippen LogP contribution in [0.4, 0.5) is 0 Å². The van der Waals surface area contributed by atoms with E-state index in [0.717, 1.165) is 29.8 Å². The van der Waals surface area contributed by atoms with Crippen LogP contribution in [0, 0.1) is 6.92 Å². The number of hydrogen-bond acceptors (Lipinski definition) is 3. The molecule has 0 spiro atoms. The van der Waals surface area contributed by atoms with Gasteiger partial charge in [0.15, 0.2) is 0 Å². The Balaban J connectivity index is 1.56. The summed E-state index contributed by atoms with van der Waals surface area (Å²) in [5.74, 6) is -0.121. The van der Waals surface area contributed by atoms with Crippen molar-refractivity contribution in [3.05, 3.63) is 90.4 Å². The highest BCUT2D eigenvalue weighted by Crippen LogP contribution is 2.24. The number of benzene rings is 2. The van der Waals surface area contributed by atoms with Crippen LogP contribution < -0.4 is 5.32 Å². The molecule has 0 atom stereocenters. The van der Waals surface area contributed by atoms with Crippen molar-refractivity contribution in [3.8, 4) is 16.9 Å². The van der Waals surface area contributed by atoms with E-state index in [1.807, 2.05) is 78.5 Å². The molecule has 0 aliphatic carbocycles. The first-order valence-corrected chi connectivity index (χ1v) is 9.68. The summed E-state index contributed by atoms with van der Waals surface area (Å²) < 4.78 is 3.62. The maximum atomic E-state index is 12.9. The van der Waals surface area contributed by atoms with Crippen LogP contribution in [0.25, 0.3) is 16.9 Å². The Bertz CT molecular complexity index is 1080. The number of nitrogens with zero attached hydrogens (tertiary/aromatic N) is 4. The number of carbonyl (C=O) groups excluding carboxylic acids is 1. The molecule has 6 nitrogen and oxygen atoms in total. The van der Waals surface area contributed by atoms with Gasteiger partial charge >= 0.3 is 0 Å². The quantitative estimate of drug-likeness (QED) is 0.491. The number of aromatic nitrogens is 4. The van der Waals surface area contributed by atoms with Crippen LogP contribution in [0.2, 0.25) is 0 Å². The molecule has 1 amide bonds. The monoisotopic (exact) mass is 385 g/mol. The molecule has 2 heterocycles. The van der Waals surface area contributed by atoms with E-state index in [9.17, 15) is 4.79 Å². The predicted molar refractivity (Wildman–Crippen MR) is 113 cm³/mol. The Morgan fingerprint density at radius 2 is 1.93 bits per heavy atom. The van der Waals surface area contributed by atoms with E-state index in [4.69, 9.17) is 5.10 Å². The van der Waals surface area contributed by atoms with Crippen molar-refractivity contribution >= 4 is 5.91 Å². The molecule has 0 unspecified atom stereocenters. The smallest absolute Gasteiger partial charge is 0.255 e. The maximum Gasteiger partial charge on any atom is 0.255 e. The Hall–Kier alpha value is -3.67. The first kappa shape index (κ1) is 18.7. The lowest BCUT2D eigenvalue weighted by atomic mass is 10.1. The van der Waals surface area contributed by atoms with Crippen molar-refractivity contribution in [2.45, 2.75) is 19.9 Å². The lowest BCUT2D eigenvalue weighted by Gasteiger charge is -2.06. The zero-order valence-corrected chi connectivity index (χ0v) is 16.3. The van der Waals surface area contributed by atoms with Crippen LogP contribution in [-0.4, -0.2) is 32.0 Å². The third-order valence-corrected chi connectivity index (χ3v) is 4.68. The van der Waals surface area contributed by atoms with E-state index in [1.54, 1.807) is 17.1 Å². The summed E-state index contributed by atoms with van der Waals surface area (Å²) in [7, 11) is 0. The first-order chi connectivity index (χ1) is 14.2. The summed E-state index contributed by atoms with van der Waals surface area (Å²) >= 11 is 0. The molecule has 0 aliphatic heterocycles. The van der Waals surface area contributed by atoms with Gasteiger partial charge in [0.05, 0.1) is 11.3 Å². The minimum Gasteiger partial charge on any atom is -0.352 e. The third kappa shape index (κ3) is 4.43. The van der Waals surface area contributed by atoms with Crippen molar-refractivity contribution in [3.63, 3.8) is 0 Å². The van der Waals surface area contributed by atoms with E-state index < -0.39 is 0 Å². The molecule has 2 aromatic carbocycles. The average molecular weight is 385 g/mol. The van der Waals surface area contributed by atoms with Crippen molar-refractivity contribution < 1.29 is 4.79 Å². The lowest BCUT2D eigenvalue weighted by molar-refractivity contribution is 0.0953. The standard InChI is InChI=1S/C23H23N5O/c1-18-8-5-9-19(16-18)22-21(17-28(26-22)20-10-3-2-4-11-20)23(29)24-12-6-14-27-15-7-13-25-27/h2-5,7-11,13,15-17H,6,12,14H2,1H3,(H,24,29). The highest BCUT2D eigenvalue weighted by molar-refractivity contribution is 6.00. The van der Waals surface area contributed by atoms with Crippen LogP contribution in [0.3, 0.4) is 0 Å². The number of para-hydroxylation sites is 1. The Morgan fingerprint density at radius 3 is 2.69 bits per heavy atom. The number of aryl methyl sites for hydroxylation is 2. The fraction of sp³-hybridized carbons (Fsp3) is 0.174. The van der Waals surface area contributed by atoms with Gasteiger partial charge in [-0.25, -0.2) is 4.68 Å². The number of amides is 1. The minimum atomic E-state index is -0.121. The molecule has 0 saturated carbocycles. The lowest BCUT2D eigenvalue weighted by Crippen LogP contribution is -2.25. The van der Waals surface area contributed by atoms with Gasteiger partial charge in [0.1, 0.15) is 5.69 Å². The SMILES string of the molecule is Cc1cccc(-c2nn(-c3ccccc3)cc2C(=O)NCCCn2cccn2)c1. The molecule has 0 fully saturated rings. The van der Waals surface area contributed by atoms with Crippen molar-refractivity contribution in [1.29, 1.82) is 0 Å². The zero-order chi connectivity index (χ0) is 20.1. The van der Waals surface area contributed by atoms with Crippen LogP contribution in [0.5, 0.6) is 0 Å². The molecule has 0 aliphatic rings. The molecule has 0 radical (unpaired) electrons. The van der Waals surface area contributed by atoms with Gasteiger partial charge in [-0.2, -0.15) is 10.2 Å². The third-order valence-electron chi connectivity index (χ3n) is 4.68. The van der Waals surface area contributed by atoms with Gasteiger partial charge in [0.25, 0.3) is 5.91 Å². The number of nitrogens with one attached hydrogen (secondary N) is 1. The molecule has 0 saturated heterocycles. The molecule has 0 bridgehead atoms.